The first-order valence-corrected chi connectivity index (χ1v) is 4.41. The number of carboxylic acid groups (broad SMARTS) is 2. The molecule has 0 unspecified atom stereocenters. The van der Waals surface area contributed by atoms with Crippen molar-refractivity contribution < 1.29 is 78.9 Å². The van der Waals surface area contributed by atoms with Gasteiger partial charge in [0, 0.05) is 5.97 Å². The van der Waals surface area contributed by atoms with Crippen LogP contribution in [-0.4, -0.2) is 36.0 Å². The first-order chi connectivity index (χ1) is 7.52. The second-order valence-electron chi connectivity index (χ2n) is 2.97. The third-order valence-corrected chi connectivity index (χ3v) is 1.88. The molecule has 0 aromatic rings. The zero-order valence-corrected chi connectivity index (χ0v) is 14.4. The van der Waals surface area contributed by atoms with Crippen LogP contribution in [0.3, 0.4) is 0 Å². The van der Waals surface area contributed by atoms with Crippen molar-refractivity contribution in [2.24, 2.45) is 0 Å². The summed E-state index contributed by atoms with van der Waals surface area (Å²) in [5.74, 6) is -2.90. The van der Waals surface area contributed by atoms with E-state index in [0.29, 0.717) is 0 Å². The minimum absolute atomic E-state index is 0. The van der Waals surface area contributed by atoms with Crippen molar-refractivity contribution in [1.29, 1.82) is 10.5 Å². The predicted octanol–water partition coefficient (Wildman–Crippen LogP) is -9.01. The SMILES string of the molecule is N#CCN(CC#N)[C@@H](CCC(=O)[O-])C(=O)[O-].[Na+].[Na+]. The molecule has 0 amide bonds. The van der Waals surface area contributed by atoms with Crippen LogP contribution < -0.4 is 69.3 Å². The maximum absolute atomic E-state index is 10.7. The Bertz CT molecular complexity index is 335. The van der Waals surface area contributed by atoms with Gasteiger partial charge in [0.05, 0.1) is 37.2 Å². The molecule has 0 saturated heterocycles. The number of nitriles is 2. The third-order valence-electron chi connectivity index (χ3n) is 1.88. The topological polar surface area (TPSA) is 131 Å². The van der Waals surface area contributed by atoms with E-state index in [9.17, 15) is 19.8 Å². The van der Waals surface area contributed by atoms with Gasteiger partial charge in [0.2, 0.25) is 0 Å². The molecule has 0 aliphatic heterocycles. The van der Waals surface area contributed by atoms with E-state index >= 15 is 0 Å². The summed E-state index contributed by atoms with van der Waals surface area (Å²) in [6, 6.07) is 2.13. The normalized spacial score (nSPS) is 10.2. The Morgan fingerprint density at radius 3 is 1.83 bits per heavy atom. The van der Waals surface area contributed by atoms with Gasteiger partial charge in [-0.15, -0.1) is 0 Å². The summed E-state index contributed by atoms with van der Waals surface area (Å²) in [6.07, 6.45) is -0.722. The largest absolute Gasteiger partial charge is 1.00 e. The standard InChI is InChI=1S/C9H11N3O4.2Na/c10-3-5-12(6-4-11)7(9(15)16)1-2-8(13)14;;/h7H,1-2,5-6H2,(H,13,14)(H,15,16);;/q;2*+1/p-2/t7-;;/m0../s1. The van der Waals surface area contributed by atoms with E-state index in [4.69, 9.17) is 10.5 Å². The van der Waals surface area contributed by atoms with Gasteiger partial charge in [-0.2, -0.15) is 10.5 Å². The Labute approximate surface area is 149 Å². The molecule has 0 fully saturated rings. The minimum atomic E-state index is -1.51. The molecule has 0 heterocycles. The number of hydrogen-bond acceptors (Lipinski definition) is 7. The monoisotopic (exact) mass is 269 g/mol. The number of carboxylic acids is 2. The van der Waals surface area contributed by atoms with Gasteiger partial charge in [0.15, 0.2) is 0 Å². The molecule has 0 aliphatic carbocycles. The number of nitrogens with zero attached hydrogens (tertiary/aromatic N) is 3. The van der Waals surface area contributed by atoms with Crippen LogP contribution in [0.15, 0.2) is 0 Å². The van der Waals surface area contributed by atoms with Gasteiger partial charge in [-0.1, -0.05) is 0 Å². The van der Waals surface area contributed by atoms with E-state index in [2.05, 4.69) is 0 Å². The van der Waals surface area contributed by atoms with Crippen LogP contribution in [0.1, 0.15) is 12.8 Å². The maximum atomic E-state index is 10.7. The van der Waals surface area contributed by atoms with Gasteiger partial charge in [-0.05, 0) is 12.8 Å². The minimum Gasteiger partial charge on any atom is -0.550 e. The Morgan fingerprint density at radius 2 is 1.56 bits per heavy atom. The average molecular weight is 269 g/mol. The van der Waals surface area contributed by atoms with Crippen molar-refractivity contribution in [2.75, 3.05) is 13.1 Å². The molecule has 9 heteroatoms. The number of carbonyl (C=O) groups is 2. The summed E-state index contributed by atoms with van der Waals surface area (Å²) < 4.78 is 0. The first-order valence-electron chi connectivity index (χ1n) is 4.41. The van der Waals surface area contributed by atoms with Crippen LogP contribution >= 0.6 is 0 Å². The maximum Gasteiger partial charge on any atom is 1.00 e. The fraction of sp³-hybridized carbons (Fsp3) is 0.556. The van der Waals surface area contributed by atoms with Crippen LogP contribution in [0.5, 0.6) is 0 Å². The van der Waals surface area contributed by atoms with Gasteiger partial charge in [-0.3, -0.25) is 4.90 Å². The van der Waals surface area contributed by atoms with Crippen LogP contribution in [0, 0.1) is 22.7 Å². The summed E-state index contributed by atoms with van der Waals surface area (Å²) >= 11 is 0. The van der Waals surface area contributed by atoms with Crippen molar-refractivity contribution in [2.45, 2.75) is 18.9 Å². The fourth-order valence-corrected chi connectivity index (χ4v) is 1.16. The smallest absolute Gasteiger partial charge is 0.550 e. The van der Waals surface area contributed by atoms with E-state index in [-0.39, 0.29) is 78.6 Å². The molecule has 18 heavy (non-hydrogen) atoms. The first kappa shape index (κ1) is 23.0. The van der Waals surface area contributed by atoms with E-state index in [0.717, 1.165) is 4.90 Å². The zero-order valence-electron chi connectivity index (χ0n) is 10.4. The molecule has 0 spiro atoms. The summed E-state index contributed by atoms with van der Waals surface area (Å²) in [4.78, 5) is 21.9. The molecule has 0 bridgehead atoms. The Balaban J connectivity index is -0.00000112. The van der Waals surface area contributed by atoms with E-state index in [1.54, 1.807) is 12.1 Å². The molecule has 0 rings (SSSR count). The molecule has 0 aromatic carbocycles. The van der Waals surface area contributed by atoms with Crippen molar-refractivity contribution in [1.82, 2.24) is 4.90 Å². The van der Waals surface area contributed by atoms with Crippen LogP contribution in [0.4, 0.5) is 0 Å². The molecule has 86 valence electrons. The van der Waals surface area contributed by atoms with Crippen molar-refractivity contribution in [3.63, 3.8) is 0 Å². The average Bonchev–Trinajstić information content (AvgIpc) is 2.17. The van der Waals surface area contributed by atoms with E-state index < -0.39 is 24.4 Å². The molecule has 0 aliphatic rings. The van der Waals surface area contributed by atoms with Gasteiger partial charge in [0.1, 0.15) is 0 Å². The van der Waals surface area contributed by atoms with E-state index in [1.807, 2.05) is 0 Å². The molecular formula is C9H9N3Na2O4. The van der Waals surface area contributed by atoms with Crippen LogP contribution in [0.2, 0.25) is 0 Å². The number of rotatable bonds is 7. The Hall–Kier alpha value is -0.120. The second-order valence-corrected chi connectivity index (χ2v) is 2.97. The fourth-order valence-electron chi connectivity index (χ4n) is 1.16. The summed E-state index contributed by atoms with van der Waals surface area (Å²) in [5.41, 5.74) is 0. The van der Waals surface area contributed by atoms with Crippen LogP contribution in [0.25, 0.3) is 0 Å². The number of aliphatic carboxylic acids is 2. The van der Waals surface area contributed by atoms with Crippen molar-refractivity contribution in [3.8, 4) is 12.1 Å². The molecule has 7 nitrogen and oxygen atoms in total. The summed E-state index contributed by atoms with van der Waals surface area (Å²) in [7, 11) is 0. The zero-order chi connectivity index (χ0) is 12.6. The van der Waals surface area contributed by atoms with Gasteiger partial charge in [-0.25, -0.2) is 0 Å². The van der Waals surface area contributed by atoms with Crippen molar-refractivity contribution in [3.05, 3.63) is 0 Å². The molecule has 0 saturated carbocycles. The Kier molecular flexibility index (Phi) is 17.0. The molecule has 0 aromatic heterocycles. The molecule has 0 radical (unpaired) electrons. The van der Waals surface area contributed by atoms with Gasteiger partial charge >= 0.3 is 59.1 Å². The second kappa shape index (κ2) is 13.3. The molecule has 1 atom stereocenters. The summed E-state index contributed by atoms with van der Waals surface area (Å²) in [5, 5.41) is 37.8. The van der Waals surface area contributed by atoms with Gasteiger partial charge < -0.3 is 19.8 Å². The molecule has 0 N–H and O–H groups in total. The van der Waals surface area contributed by atoms with Crippen molar-refractivity contribution >= 4 is 11.9 Å². The van der Waals surface area contributed by atoms with Gasteiger partial charge in [0.25, 0.3) is 0 Å². The number of carbonyl (C=O) groups excluding carboxylic acids is 2. The molecular weight excluding hydrogens is 260 g/mol. The predicted molar refractivity (Wildman–Crippen MR) is 45.8 cm³/mol. The third kappa shape index (κ3) is 9.86. The Morgan fingerprint density at radius 1 is 1.11 bits per heavy atom. The van der Waals surface area contributed by atoms with Crippen LogP contribution in [-0.2, 0) is 9.59 Å². The summed E-state index contributed by atoms with van der Waals surface area (Å²) in [6.45, 7) is -0.557. The van der Waals surface area contributed by atoms with E-state index in [1.165, 1.54) is 0 Å². The quantitative estimate of drug-likeness (QED) is 0.331. The number of hydrogen-bond donors (Lipinski definition) is 0.